The summed E-state index contributed by atoms with van der Waals surface area (Å²) in [6.45, 7) is 2.59. The van der Waals surface area contributed by atoms with Gasteiger partial charge in [-0.3, -0.25) is 19.1 Å². The van der Waals surface area contributed by atoms with Gasteiger partial charge in [-0.1, -0.05) is 5.16 Å². The van der Waals surface area contributed by atoms with Crippen LogP contribution < -0.4 is 25.4 Å². The number of carbonyl (C=O) groups excluding carboxylic acids is 3. The number of nitrogens with zero attached hydrogens (tertiary/aromatic N) is 3. The number of aryl methyl sites for hydroxylation is 1. The number of fused-ring (bicyclic) bond motifs is 1. The maximum Gasteiger partial charge on any atom is 0.274 e. The molecule has 1 aromatic carbocycles. The Hall–Kier alpha value is -4.35. The minimum atomic E-state index is -0.793. The third-order valence-electron chi connectivity index (χ3n) is 6.16. The van der Waals surface area contributed by atoms with Gasteiger partial charge in [-0.2, -0.15) is 5.10 Å². The summed E-state index contributed by atoms with van der Waals surface area (Å²) in [4.78, 5) is 38.4. The average Bonchev–Trinajstić information content (AvgIpc) is 3.51. The molecule has 1 aliphatic heterocycles. The van der Waals surface area contributed by atoms with E-state index in [1.807, 2.05) is 6.92 Å². The highest BCUT2D eigenvalue weighted by molar-refractivity contribution is 5.97. The molecule has 3 aromatic rings. The fraction of sp³-hybridized carbons (Fsp3) is 0.400. The number of hydrogen-bond acceptors (Lipinski definition) is 8. The van der Waals surface area contributed by atoms with Crippen molar-refractivity contribution in [3.05, 3.63) is 47.4 Å². The van der Waals surface area contributed by atoms with Crippen LogP contribution in [0.5, 0.6) is 11.5 Å². The molecule has 0 bridgehead atoms. The lowest BCUT2D eigenvalue weighted by atomic mass is 10.1. The van der Waals surface area contributed by atoms with Gasteiger partial charge in [0.05, 0.1) is 31.0 Å². The van der Waals surface area contributed by atoms with Gasteiger partial charge in [-0.15, -0.1) is 0 Å². The molecule has 12 nitrogen and oxygen atoms in total. The molecule has 2 aromatic heterocycles. The quantitative estimate of drug-likeness (QED) is 0.479. The topological polar surface area (TPSA) is 150 Å². The van der Waals surface area contributed by atoms with Gasteiger partial charge in [0.1, 0.15) is 24.1 Å². The van der Waals surface area contributed by atoms with Crippen LogP contribution in [0.2, 0.25) is 0 Å². The number of aromatic nitrogens is 3. The van der Waals surface area contributed by atoms with Gasteiger partial charge in [0, 0.05) is 31.4 Å². The van der Waals surface area contributed by atoms with Gasteiger partial charge in [-0.25, -0.2) is 0 Å². The summed E-state index contributed by atoms with van der Waals surface area (Å²) < 4.78 is 18.0. The van der Waals surface area contributed by atoms with Gasteiger partial charge < -0.3 is 29.9 Å². The van der Waals surface area contributed by atoms with Crippen LogP contribution in [0, 0.1) is 6.92 Å². The molecule has 3 N–H and O–H groups in total. The van der Waals surface area contributed by atoms with Crippen LogP contribution in [0.4, 0.5) is 0 Å². The first-order valence-corrected chi connectivity index (χ1v) is 12.0. The Morgan fingerprint density at radius 3 is 2.76 bits per heavy atom. The van der Waals surface area contributed by atoms with Crippen LogP contribution in [0.3, 0.4) is 0 Å². The van der Waals surface area contributed by atoms with E-state index in [2.05, 4.69) is 26.2 Å². The van der Waals surface area contributed by atoms with Crippen LogP contribution >= 0.6 is 0 Å². The molecule has 4 rings (SSSR count). The van der Waals surface area contributed by atoms with E-state index in [1.54, 1.807) is 36.1 Å². The van der Waals surface area contributed by atoms with Gasteiger partial charge in [0.25, 0.3) is 11.8 Å². The van der Waals surface area contributed by atoms with Crippen molar-refractivity contribution in [2.45, 2.75) is 32.2 Å². The molecule has 0 saturated carbocycles. The number of ether oxygens (including phenoxy) is 2. The minimum Gasteiger partial charge on any atom is -0.497 e. The zero-order chi connectivity index (χ0) is 26.4. The normalized spacial score (nSPS) is 17.0. The maximum atomic E-state index is 12.9. The Balaban J connectivity index is 1.42. The summed E-state index contributed by atoms with van der Waals surface area (Å²) in [5.41, 5.74) is 2.05. The van der Waals surface area contributed by atoms with E-state index in [-0.39, 0.29) is 30.7 Å². The lowest BCUT2D eigenvalue weighted by molar-refractivity contribution is -0.123. The Morgan fingerprint density at radius 2 is 2.00 bits per heavy atom. The van der Waals surface area contributed by atoms with Crippen LogP contribution in [-0.4, -0.2) is 65.5 Å². The molecule has 12 heteroatoms. The fourth-order valence-electron chi connectivity index (χ4n) is 3.92. The largest absolute Gasteiger partial charge is 0.497 e. The number of nitrogens with one attached hydrogen (secondary N) is 3. The average molecular weight is 511 g/mol. The highest BCUT2D eigenvalue weighted by Crippen LogP contribution is 2.25. The van der Waals surface area contributed by atoms with E-state index in [9.17, 15) is 14.4 Å². The van der Waals surface area contributed by atoms with Crippen LogP contribution in [-0.2, 0) is 11.8 Å². The van der Waals surface area contributed by atoms with E-state index >= 15 is 0 Å². The van der Waals surface area contributed by atoms with E-state index < -0.39 is 11.9 Å². The van der Waals surface area contributed by atoms with Crippen molar-refractivity contribution in [2.24, 2.45) is 7.05 Å². The lowest BCUT2D eigenvalue weighted by Gasteiger charge is -2.19. The SMILES string of the molecule is COc1ccc2c(c1)OCCNC(=O)[C@@H](NC(=O)c1cc(-c3cnn(C)c3C)on1)CCCCNC2=O. The van der Waals surface area contributed by atoms with E-state index in [1.165, 1.54) is 13.2 Å². The third kappa shape index (κ3) is 6.08. The number of benzene rings is 1. The van der Waals surface area contributed by atoms with Gasteiger partial charge in [0.2, 0.25) is 5.91 Å². The summed E-state index contributed by atoms with van der Waals surface area (Å²) in [5, 5.41) is 16.5. The summed E-state index contributed by atoms with van der Waals surface area (Å²) in [6, 6.07) is 5.69. The second-order valence-electron chi connectivity index (χ2n) is 8.62. The van der Waals surface area contributed by atoms with E-state index in [0.717, 1.165) is 11.3 Å². The summed E-state index contributed by atoms with van der Waals surface area (Å²) >= 11 is 0. The monoisotopic (exact) mass is 510 g/mol. The molecule has 0 saturated heterocycles. The van der Waals surface area contributed by atoms with Crippen LogP contribution in [0.15, 0.2) is 35.0 Å². The van der Waals surface area contributed by atoms with Gasteiger partial charge >= 0.3 is 0 Å². The Morgan fingerprint density at radius 1 is 1.16 bits per heavy atom. The summed E-state index contributed by atoms with van der Waals surface area (Å²) in [5.74, 6) is 0.206. The smallest absolute Gasteiger partial charge is 0.274 e. The molecule has 196 valence electrons. The standard InChI is InChI=1S/C25H30N6O6/c1-15-18(14-28-31(15)2)22-13-20(30-37-22)25(34)29-19-6-4-5-9-26-23(32)17-8-7-16(35-3)12-21(17)36-11-10-27-24(19)33/h7-8,12-14,19H,4-6,9-11H2,1-3H3,(H,26,32)(H,27,33)(H,29,34)/t19-/m0/s1. The number of methoxy groups -OCH3 is 1. The molecule has 0 spiro atoms. The van der Waals surface area contributed by atoms with E-state index in [0.29, 0.717) is 48.6 Å². The lowest BCUT2D eigenvalue weighted by Crippen LogP contribution is -2.47. The molecule has 0 aliphatic carbocycles. The minimum absolute atomic E-state index is 0.0617. The number of hydrogen-bond donors (Lipinski definition) is 3. The number of amides is 3. The maximum absolute atomic E-state index is 12.9. The van der Waals surface area contributed by atoms with Crippen LogP contribution in [0.1, 0.15) is 45.8 Å². The highest BCUT2D eigenvalue weighted by atomic mass is 16.5. The number of carbonyl (C=O) groups is 3. The van der Waals surface area contributed by atoms with Crippen molar-refractivity contribution in [1.29, 1.82) is 0 Å². The second kappa shape index (κ2) is 11.6. The molecule has 37 heavy (non-hydrogen) atoms. The van der Waals surface area contributed by atoms with Crippen molar-refractivity contribution in [3.63, 3.8) is 0 Å². The summed E-state index contributed by atoms with van der Waals surface area (Å²) in [7, 11) is 3.33. The van der Waals surface area contributed by atoms with Crippen molar-refractivity contribution in [2.75, 3.05) is 26.8 Å². The molecular formula is C25H30N6O6. The third-order valence-corrected chi connectivity index (χ3v) is 6.16. The molecule has 3 amide bonds. The Labute approximate surface area is 213 Å². The summed E-state index contributed by atoms with van der Waals surface area (Å²) in [6.07, 6.45) is 3.24. The molecule has 1 aliphatic rings. The van der Waals surface area contributed by atoms with Crippen LogP contribution in [0.25, 0.3) is 11.3 Å². The molecule has 0 radical (unpaired) electrons. The van der Waals surface area contributed by atoms with E-state index in [4.69, 9.17) is 14.0 Å². The molecule has 3 heterocycles. The zero-order valence-electron chi connectivity index (χ0n) is 21.0. The zero-order valence-corrected chi connectivity index (χ0v) is 21.0. The predicted molar refractivity (Wildman–Crippen MR) is 132 cm³/mol. The Bertz CT molecular complexity index is 1280. The van der Waals surface area contributed by atoms with Crippen molar-refractivity contribution in [3.8, 4) is 22.8 Å². The highest BCUT2D eigenvalue weighted by Gasteiger charge is 2.24. The first-order valence-electron chi connectivity index (χ1n) is 12.0. The molecule has 1 atom stereocenters. The fourth-order valence-corrected chi connectivity index (χ4v) is 3.92. The van der Waals surface area contributed by atoms with Crippen molar-refractivity contribution >= 4 is 17.7 Å². The van der Waals surface area contributed by atoms with Crippen molar-refractivity contribution in [1.82, 2.24) is 30.9 Å². The predicted octanol–water partition coefficient (Wildman–Crippen LogP) is 1.60. The second-order valence-corrected chi connectivity index (χ2v) is 8.62. The molecular weight excluding hydrogens is 480 g/mol. The first kappa shape index (κ1) is 25.7. The first-order chi connectivity index (χ1) is 17.9. The van der Waals surface area contributed by atoms with Gasteiger partial charge in [-0.05, 0) is 38.3 Å². The van der Waals surface area contributed by atoms with Crippen molar-refractivity contribution < 1.29 is 28.4 Å². The molecule has 0 fully saturated rings. The molecule has 0 unspecified atom stereocenters. The van der Waals surface area contributed by atoms with Gasteiger partial charge in [0.15, 0.2) is 11.5 Å². The Kier molecular flexibility index (Phi) is 8.06. The number of rotatable bonds is 4.